The van der Waals surface area contributed by atoms with Crippen LogP contribution < -0.4 is 10.4 Å². The van der Waals surface area contributed by atoms with Crippen molar-refractivity contribution in [3.05, 3.63) is 71.9 Å². The van der Waals surface area contributed by atoms with Crippen molar-refractivity contribution in [1.82, 2.24) is 9.99 Å². The summed E-state index contributed by atoms with van der Waals surface area (Å²) < 4.78 is 7.01. The van der Waals surface area contributed by atoms with E-state index < -0.39 is 11.8 Å². The van der Waals surface area contributed by atoms with E-state index in [4.69, 9.17) is 4.74 Å². The summed E-state index contributed by atoms with van der Waals surface area (Å²) in [6.07, 6.45) is 3.11. The van der Waals surface area contributed by atoms with Gasteiger partial charge in [-0.1, -0.05) is 36.4 Å². The first-order valence-electron chi connectivity index (χ1n) is 9.63. The maximum Gasteiger partial charge on any atom is 0.326 e. The maximum absolute atomic E-state index is 12.9. The maximum atomic E-state index is 12.9. The summed E-state index contributed by atoms with van der Waals surface area (Å²) in [5.74, 6) is -1.25. The van der Waals surface area contributed by atoms with Crippen molar-refractivity contribution in [2.45, 2.75) is 26.5 Å². The molecule has 1 aliphatic rings. The van der Waals surface area contributed by atoms with Crippen LogP contribution in [0.4, 0.5) is 5.69 Å². The number of carbonyl (C=O) groups is 3. The lowest BCUT2D eigenvalue weighted by atomic mass is 10.1. The van der Waals surface area contributed by atoms with E-state index in [9.17, 15) is 14.4 Å². The van der Waals surface area contributed by atoms with E-state index in [2.05, 4.69) is 5.43 Å². The van der Waals surface area contributed by atoms with Crippen LogP contribution >= 0.6 is 0 Å². The summed E-state index contributed by atoms with van der Waals surface area (Å²) in [5.41, 5.74) is 4.70. The molecule has 0 unspecified atom stereocenters. The molecule has 0 radical (unpaired) electrons. The van der Waals surface area contributed by atoms with Crippen molar-refractivity contribution >= 4 is 40.4 Å². The number of rotatable bonds is 5. The van der Waals surface area contributed by atoms with Crippen LogP contribution in [0.1, 0.15) is 19.4 Å². The van der Waals surface area contributed by atoms with E-state index in [-0.39, 0.29) is 24.2 Å². The smallest absolute Gasteiger partial charge is 0.326 e. The molecule has 0 aliphatic carbocycles. The van der Waals surface area contributed by atoms with Gasteiger partial charge < -0.3 is 9.30 Å². The van der Waals surface area contributed by atoms with Gasteiger partial charge in [0.15, 0.2) is 0 Å². The summed E-state index contributed by atoms with van der Waals surface area (Å²) in [6, 6.07) is 16.4. The Morgan fingerprint density at radius 1 is 1.07 bits per heavy atom. The highest BCUT2D eigenvalue weighted by molar-refractivity contribution is 6.32. The average molecular weight is 403 g/mol. The van der Waals surface area contributed by atoms with Crippen molar-refractivity contribution in [3.63, 3.8) is 0 Å². The van der Waals surface area contributed by atoms with Gasteiger partial charge >= 0.3 is 5.97 Å². The van der Waals surface area contributed by atoms with Crippen molar-refractivity contribution in [3.8, 4) is 0 Å². The van der Waals surface area contributed by atoms with Crippen molar-refractivity contribution < 1.29 is 19.1 Å². The van der Waals surface area contributed by atoms with Crippen LogP contribution in [0.25, 0.3) is 17.0 Å². The molecule has 2 amide bonds. The van der Waals surface area contributed by atoms with Gasteiger partial charge in [0.25, 0.3) is 11.8 Å². The topological polar surface area (TPSA) is 80.6 Å². The highest BCUT2D eigenvalue weighted by Gasteiger charge is 2.34. The highest BCUT2D eigenvalue weighted by Crippen LogP contribution is 2.26. The Kier molecular flexibility index (Phi) is 5.10. The van der Waals surface area contributed by atoms with Gasteiger partial charge in [-0.25, -0.2) is 5.01 Å². The number of fused-ring (bicyclic) bond motifs is 1. The monoisotopic (exact) mass is 403 g/mol. The zero-order chi connectivity index (χ0) is 21.3. The lowest BCUT2D eigenvalue weighted by molar-refractivity contribution is -0.148. The number of esters is 1. The van der Waals surface area contributed by atoms with Crippen molar-refractivity contribution in [2.75, 3.05) is 5.01 Å². The van der Waals surface area contributed by atoms with Crippen molar-refractivity contribution in [1.29, 1.82) is 0 Å². The minimum atomic E-state index is -0.472. The van der Waals surface area contributed by atoms with E-state index in [1.54, 1.807) is 55.0 Å². The number of ether oxygens (including phenoxy) is 1. The first-order chi connectivity index (χ1) is 14.4. The number of anilines is 1. The normalized spacial score (nSPS) is 15.3. The molecule has 0 atom stereocenters. The minimum absolute atomic E-state index is 0.0338. The van der Waals surface area contributed by atoms with Crippen molar-refractivity contribution in [2.24, 2.45) is 0 Å². The second kappa shape index (κ2) is 7.87. The third-order valence-electron chi connectivity index (χ3n) is 4.69. The fourth-order valence-corrected chi connectivity index (χ4v) is 3.43. The zero-order valence-corrected chi connectivity index (χ0v) is 16.7. The van der Waals surface area contributed by atoms with Crippen LogP contribution in [0.5, 0.6) is 0 Å². The van der Waals surface area contributed by atoms with Gasteiger partial charge in [-0.05, 0) is 38.1 Å². The molecule has 1 aromatic heterocycles. The van der Waals surface area contributed by atoms with Gasteiger partial charge in [-0.2, -0.15) is 0 Å². The Morgan fingerprint density at radius 2 is 1.77 bits per heavy atom. The fourth-order valence-electron chi connectivity index (χ4n) is 3.43. The third-order valence-corrected chi connectivity index (χ3v) is 4.69. The Morgan fingerprint density at radius 3 is 2.50 bits per heavy atom. The van der Waals surface area contributed by atoms with Crippen LogP contribution in [-0.2, 0) is 25.7 Å². The zero-order valence-electron chi connectivity index (χ0n) is 16.7. The number of hydrazine groups is 1. The highest BCUT2D eigenvalue weighted by atomic mass is 16.5. The molecule has 0 saturated carbocycles. The van der Waals surface area contributed by atoms with E-state index in [0.29, 0.717) is 11.3 Å². The van der Waals surface area contributed by atoms with Crippen LogP contribution in [0.3, 0.4) is 0 Å². The molecule has 4 rings (SSSR count). The van der Waals surface area contributed by atoms with Gasteiger partial charge in [0.2, 0.25) is 0 Å². The van der Waals surface area contributed by atoms with Crippen LogP contribution in [0, 0.1) is 0 Å². The van der Waals surface area contributed by atoms with Crippen LogP contribution in [0.15, 0.2) is 66.4 Å². The lowest BCUT2D eigenvalue weighted by Gasteiger charge is -2.13. The van der Waals surface area contributed by atoms with E-state index in [1.165, 1.54) is 5.01 Å². The molecule has 7 nitrogen and oxygen atoms in total. The van der Waals surface area contributed by atoms with E-state index in [1.807, 2.05) is 30.3 Å². The molecule has 1 aliphatic heterocycles. The third kappa shape index (κ3) is 3.69. The number of benzene rings is 2. The first kappa shape index (κ1) is 19.4. The number of hydrogen-bond acceptors (Lipinski definition) is 4. The standard InChI is InChI=1S/C23H21N3O4/c1-15(2)30-21(27)14-25-13-16(18-10-6-7-11-20(18)25)12-19-22(28)24-26(23(19)29)17-8-4-3-5-9-17/h3-13,15H,14H2,1-2H3,(H,24,28). The van der Waals surface area contributed by atoms with Gasteiger partial charge in [-0.15, -0.1) is 0 Å². The quantitative estimate of drug-likeness (QED) is 0.403. The predicted molar refractivity (Wildman–Crippen MR) is 113 cm³/mol. The summed E-state index contributed by atoms with van der Waals surface area (Å²) in [6.45, 7) is 3.63. The molecule has 30 heavy (non-hydrogen) atoms. The Bertz CT molecular complexity index is 1160. The molecule has 0 bridgehead atoms. The van der Waals surface area contributed by atoms with E-state index in [0.717, 1.165) is 10.9 Å². The molecule has 0 spiro atoms. The molecule has 2 aromatic carbocycles. The predicted octanol–water partition coefficient (Wildman–Crippen LogP) is 3.05. The lowest BCUT2D eigenvalue weighted by Crippen LogP contribution is -2.35. The summed E-state index contributed by atoms with van der Waals surface area (Å²) in [7, 11) is 0. The van der Waals surface area contributed by atoms with Gasteiger partial charge in [0, 0.05) is 22.7 Å². The molecular weight excluding hydrogens is 382 g/mol. The van der Waals surface area contributed by atoms with Gasteiger partial charge in [0.1, 0.15) is 12.1 Å². The molecular formula is C23H21N3O4. The van der Waals surface area contributed by atoms with Crippen LogP contribution in [-0.4, -0.2) is 28.5 Å². The molecule has 1 saturated heterocycles. The number of para-hydroxylation sites is 2. The molecule has 2 heterocycles. The molecule has 3 aromatic rings. The number of carbonyl (C=O) groups excluding carboxylic acids is 3. The average Bonchev–Trinajstić information content (AvgIpc) is 3.20. The first-order valence-corrected chi connectivity index (χ1v) is 9.63. The molecule has 1 N–H and O–H groups in total. The number of nitrogens with zero attached hydrogens (tertiary/aromatic N) is 2. The molecule has 7 heteroatoms. The summed E-state index contributed by atoms with van der Waals surface area (Å²) in [4.78, 5) is 37.5. The van der Waals surface area contributed by atoms with E-state index >= 15 is 0 Å². The second-order valence-corrected chi connectivity index (χ2v) is 7.24. The minimum Gasteiger partial charge on any atom is -0.462 e. The number of amides is 2. The molecule has 152 valence electrons. The Labute approximate surface area is 173 Å². The molecule has 1 fully saturated rings. The Balaban J connectivity index is 1.70. The summed E-state index contributed by atoms with van der Waals surface area (Å²) >= 11 is 0. The second-order valence-electron chi connectivity index (χ2n) is 7.24. The van der Waals surface area contributed by atoms with Gasteiger partial charge in [0.05, 0.1) is 11.8 Å². The summed E-state index contributed by atoms with van der Waals surface area (Å²) in [5, 5.41) is 2.06. The van der Waals surface area contributed by atoms with Gasteiger partial charge in [-0.3, -0.25) is 19.8 Å². The Hall–Kier alpha value is -3.87. The number of hydrogen-bond donors (Lipinski definition) is 1. The SMILES string of the molecule is CC(C)OC(=O)Cn1cc(C=C2C(=O)NN(c3ccccc3)C2=O)c2ccccc21. The number of aromatic nitrogens is 1. The fraction of sp³-hybridized carbons (Fsp3) is 0.174. The largest absolute Gasteiger partial charge is 0.462 e. The van der Waals surface area contributed by atoms with Crippen LogP contribution in [0.2, 0.25) is 0 Å². The number of nitrogens with one attached hydrogen (secondary N) is 1.